The van der Waals surface area contributed by atoms with Crippen LogP contribution in [0, 0.1) is 0 Å². The van der Waals surface area contributed by atoms with Gasteiger partial charge >= 0.3 is 0 Å². The second-order valence-electron chi connectivity index (χ2n) is 3.81. The van der Waals surface area contributed by atoms with E-state index in [0.29, 0.717) is 23.1 Å². The van der Waals surface area contributed by atoms with Crippen molar-refractivity contribution < 1.29 is 14.7 Å². The van der Waals surface area contributed by atoms with Crippen LogP contribution in [-0.2, 0) is 0 Å². The first-order chi connectivity index (χ1) is 7.47. The van der Waals surface area contributed by atoms with Crippen LogP contribution in [0.3, 0.4) is 0 Å². The molecule has 0 heterocycles. The maximum absolute atomic E-state index is 11.6. The van der Waals surface area contributed by atoms with Gasteiger partial charge in [0.05, 0.1) is 6.10 Å². The van der Waals surface area contributed by atoms with Crippen molar-refractivity contribution in [2.75, 3.05) is 0 Å². The monoisotopic (exact) mass is 220 g/mol. The number of aliphatic hydroxyl groups is 1. The van der Waals surface area contributed by atoms with Crippen LogP contribution in [0.25, 0.3) is 0 Å². The van der Waals surface area contributed by atoms with Gasteiger partial charge in [-0.1, -0.05) is 19.1 Å². The molecule has 1 aromatic carbocycles. The van der Waals surface area contributed by atoms with Gasteiger partial charge in [0.25, 0.3) is 0 Å². The van der Waals surface area contributed by atoms with E-state index in [1.165, 1.54) is 6.92 Å². The molecule has 0 aromatic heterocycles. The summed E-state index contributed by atoms with van der Waals surface area (Å²) in [6.45, 7) is 4.81. The number of rotatable bonds is 4. The van der Waals surface area contributed by atoms with Crippen LogP contribution in [0.15, 0.2) is 18.2 Å². The Morgan fingerprint density at radius 3 is 2.38 bits per heavy atom. The fraction of sp³-hybridized carbons (Fsp3) is 0.385. The minimum absolute atomic E-state index is 0.0534. The van der Waals surface area contributed by atoms with Gasteiger partial charge in [-0.15, -0.1) is 0 Å². The van der Waals surface area contributed by atoms with Crippen molar-refractivity contribution in [3.8, 4) is 0 Å². The van der Waals surface area contributed by atoms with Crippen LogP contribution >= 0.6 is 0 Å². The zero-order chi connectivity index (χ0) is 12.3. The molecule has 0 aliphatic carbocycles. The van der Waals surface area contributed by atoms with Crippen LogP contribution < -0.4 is 0 Å². The molecular weight excluding hydrogens is 204 g/mol. The molecule has 3 heteroatoms. The summed E-state index contributed by atoms with van der Waals surface area (Å²) in [7, 11) is 0. The summed E-state index contributed by atoms with van der Waals surface area (Å²) in [6, 6.07) is 4.89. The quantitative estimate of drug-likeness (QED) is 0.793. The predicted octanol–water partition coefficient (Wildman–Crippen LogP) is 2.54. The lowest BCUT2D eigenvalue weighted by molar-refractivity contribution is 0.0965. The number of hydrogen-bond acceptors (Lipinski definition) is 3. The smallest absolute Gasteiger partial charge is 0.163 e. The number of hydrogen-bond donors (Lipinski definition) is 1. The average molecular weight is 220 g/mol. The summed E-state index contributed by atoms with van der Waals surface area (Å²) in [6.07, 6.45) is -0.266. The Morgan fingerprint density at radius 2 is 1.94 bits per heavy atom. The molecule has 1 unspecified atom stereocenters. The van der Waals surface area contributed by atoms with Crippen LogP contribution in [0.5, 0.6) is 0 Å². The Morgan fingerprint density at radius 1 is 1.31 bits per heavy atom. The lowest BCUT2D eigenvalue weighted by Gasteiger charge is -2.10. The molecule has 0 aliphatic heterocycles. The summed E-state index contributed by atoms with van der Waals surface area (Å²) >= 11 is 0. The number of benzene rings is 1. The third kappa shape index (κ3) is 2.55. The van der Waals surface area contributed by atoms with Crippen molar-refractivity contribution in [2.45, 2.75) is 33.3 Å². The Bertz CT molecular complexity index is 419. The largest absolute Gasteiger partial charge is 0.389 e. The van der Waals surface area contributed by atoms with Gasteiger partial charge in [-0.25, -0.2) is 0 Å². The Balaban J connectivity index is 3.30. The highest BCUT2D eigenvalue weighted by atomic mass is 16.3. The SMILES string of the molecule is CCC(=O)c1ccc(C(C)O)cc1C(C)=O. The van der Waals surface area contributed by atoms with Gasteiger partial charge in [-0.3, -0.25) is 9.59 Å². The van der Waals surface area contributed by atoms with Crippen molar-refractivity contribution in [1.82, 2.24) is 0 Å². The predicted molar refractivity (Wildman–Crippen MR) is 61.7 cm³/mol. The molecule has 1 atom stereocenters. The van der Waals surface area contributed by atoms with Gasteiger partial charge in [-0.2, -0.15) is 0 Å². The van der Waals surface area contributed by atoms with Gasteiger partial charge in [0.15, 0.2) is 11.6 Å². The molecule has 0 saturated carbocycles. The molecule has 0 spiro atoms. The van der Waals surface area contributed by atoms with E-state index in [0.717, 1.165) is 0 Å². The fourth-order valence-corrected chi connectivity index (χ4v) is 1.55. The Kier molecular flexibility index (Phi) is 3.96. The van der Waals surface area contributed by atoms with Crippen molar-refractivity contribution in [3.63, 3.8) is 0 Å². The van der Waals surface area contributed by atoms with E-state index in [4.69, 9.17) is 0 Å². The number of carbonyl (C=O) groups is 2. The van der Waals surface area contributed by atoms with Crippen LogP contribution in [0.2, 0.25) is 0 Å². The summed E-state index contributed by atoms with van der Waals surface area (Å²) in [5.74, 6) is -0.207. The van der Waals surface area contributed by atoms with Gasteiger partial charge < -0.3 is 5.11 Å². The maximum atomic E-state index is 11.6. The molecule has 1 aromatic rings. The number of carbonyl (C=O) groups excluding carboxylic acids is 2. The summed E-state index contributed by atoms with van der Waals surface area (Å²) < 4.78 is 0. The first kappa shape index (κ1) is 12.6. The zero-order valence-electron chi connectivity index (χ0n) is 9.78. The first-order valence-corrected chi connectivity index (χ1v) is 5.33. The Labute approximate surface area is 95.1 Å². The fourth-order valence-electron chi connectivity index (χ4n) is 1.55. The molecule has 0 saturated heterocycles. The second-order valence-corrected chi connectivity index (χ2v) is 3.81. The van der Waals surface area contributed by atoms with Gasteiger partial charge in [0, 0.05) is 17.5 Å². The topological polar surface area (TPSA) is 54.4 Å². The summed E-state index contributed by atoms with van der Waals surface area (Å²) in [5.41, 5.74) is 1.49. The van der Waals surface area contributed by atoms with Crippen molar-refractivity contribution in [2.24, 2.45) is 0 Å². The summed E-state index contributed by atoms with van der Waals surface area (Å²) in [4.78, 5) is 23.0. The molecule has 0 radical (unpaired) electrons. The first-order valence-electron chi connectivity index (χ1n) is 5.33. The van der Waals surface area contributed by atoms with Gasteiger partial charge in [0.2, 0.25) is 0 Å². The van der Waals surface area contributed by atoms with Gasteiger partial charge in [-0.05, 0) is 25.5 Å². The Hall–Kier alpha value is -1.48. The molecule has 86 valence electrons. The van der Waals surface area contributed by atoms with Gasteiger partial charge in [0.1, 0.15) is 0 Å². The number of ketones is 2. The summed E-state index contributed by atoms with van der Waals surface area (Å²) in [5, 5.41) is 9.42. The molecule has 0 fully saturated rings. The maximum Gasteiger partial charge on any atom is 0.163 e. The lowest BCUT2D eigenvalue weighted by atomic mass is 9.95. The molecule has 3 nitrogen and oxygen atoms in total. The molecular formula is C13H16O3. The third-order valence-electron chi connectivity index (χ3n) is 2.53. The normalized spacial score (nSPS) is 12.2. The van der Waals surface area contributed by atoms with Crippen LogP contribution in [0.1, 0.15) is 59.6 Å². The highest BCUT2D eigenvalue weighted by Crippen LogP contribution is 2.19. The van der Waals surface area contributed by atoms with E-state index in [9.17, 15) is 14.7 Å². The van der Waals surface area contributed by atoms with E-state index in [1.54, 1.807) is 32.0 Å². The minimum Gasteiger partial charge on any atom is -0.389 e. The van der Waals surface area contributed by atoms with Crippen LogP contribution in [-0.4, -0.2) is 16.7 Å². The molecule has 1 rings (SSSR count). The molecule has 16 heavy (non-hydrogen) atoms. The highest BCUT2D eigenvalue weighted by Gasteiger charge is 2.14. The van der Waals surface area contributed by atoms with E-state index in [-0.39, 0.29) is 11.6 Å². The van der Waals surface area contributed by atoms with Crippen LogP contribution in [0.4, 0.5) is 0 Å². The average Bonchev–Trinajstić information content (AvgIpc) is 2.26. The molecule has 0 amide bonds. The van der Waals surface area contributed by atoms with E-state index in [2.05, 4.69) is 0 Å². The van der Waals surface area contributed by atoms with Crippen molar-refractivity contribution >= 4 is 11.6 Å². The highest BCUT2D eigenvalue weighted by molar-refractivity contribution is 6.08. The lowest BCUT2D eigenvalue weighted by Crippen LogP contribution is -2.07. The van der Waals surface area contributed by atoms with Crippen molar-refractivity contribution in [1.29, 1.82) is 0 Å². The number of Topliss-reactive ketones (excluding diaryl/α,β-unsaturated/α-hetero) is 2. The number of aliphatic hydroxyl groups excluding tert-OH is 1. The third-order valence-corrected chi connectivity index (χ3v) is 2.53. The van der Waals surface area contributed by atoms with E-state index < -0.39 is 6.10 Å². The molecule has 1 N–H and O–H groups in total. The van der Waals surface area contributed by atoms with E-state index in [1.807, 2.05) is 0 Å². The second kappa shape index (κ2) is 5.03. The van der Waals surface area contributed by atoms with Crippen molar-refractivity contribution in [3.05, 3.63) is 34.9 Å². The zero-order valence-corrected chi connectivity index (χ0v) is 9.78. The molecule has 0 bridgehead atoms. The minimum atomic E-state index is -0.635. The van der Waals surface area contributed by atoms with E-state index >= 15 is 0 Å². The molecule has 0 aliphatic rings. The standard InChI is InChI=1S/C13H16O3/c1-4-13(16)11-6-5-10(8(2)14)7-12(11)9(3)15/h5-8,14H,4H2,1-3H3.